The Hall–Kier alpha value is -1.35. The van der Waals surface area contributed by atoms with Crippen LogP contribution >= 0.6 is 11.6 Å². The summed E-state index contributed by atoms with van der Waals surface area (Å²) in [5, 5.41) is -0.569. The molecule has 3 nitrogen and oxygen atoms in total. The van der Waals surface area contributed by atoms with Gasteiger partial charge in [0.25, 0.3) is 5.24 Å². The molecule has 0 aliphatic heterocycles. The molecule has 0 saturated heterocycles. The van der Waals surface area contributed by atoms with Crippen molar-refractivity contribution in [3.8, 4) is 0 Å². The molecule has 2 unspecified atom stereocenters. The lowest BCUT2D eigenvalue weighted by Crippen LogP contribution is -2.28. The lowest BCUT2D eigenvalue weighted by molar-refractivity contribution is 0.00481. The zero-order valence-electron chi connectivity index (χ0n) is 10.9. The van der Waals surface area contributed by atoms with Crippen LogP contribution in [0.3, 0.4) is 0 Å². The molecule has 102 valence electrons. The number of carbonyl (C=O) groups is 2. The van der Waals surface area contributed by atoms with E-state index in [1.807, 2.05) is 0 Å². The van der Waals surface area contributed by atoms with Gasteiger partial charge in [0.05, 0.1) is 5.56 Å². The number of benzene rings is 1. The quantitative estimate of drug-likeness (QED) is 0.625. The van der Waals surface area contributed by atoms with E-state index in [0.717, 1.165) is 19.3 Å². The maximum absolute atomic E-state index is 12.1. The molecule has 0 heterocycles. The molecule has 1 fully saturated rings. The lowest BCUT2D eigenvalue weighted by atomic mass is 9.88. The van der Waals surface area contributed by atoms with Crippen LogP contribution in [0.25, 0.3) is 0 Å². The summed E-state index contributed by atoms with van der Waals surface area (Å²) in [6.45, 7) is 2.11. The Labute approximate surface area is 117 Å². The van der Waals surface area contributed by atoms with Gasteiger partial charge >= 0.3 is 5.97 Å². The Morgan fingerprint density at radius 3 is 2.58 bits per heavy atom. The van der Waals surface area contributed by atoms with Gasteiger partial charge < -0.3 is 4.74 Å². The van der Waals surface area contributed by atoms with Crippen LogP contribution < -0.4 is 0 Å². The highest BCUT2D eigenvalue weighted by Crippen LogP contribution is 2.27. The topological polar surface area (TPSA) is 43.4 Å². The van der Waals surface area contributed by atoms with Gasteiger partial charge in [-0.2, -0.15) is 0 Å². The van der Waals surface area contributed by atoms with E-state index >= 15 is 0 Å². The number of hydrogen-bond acceptors (Lipinski definition) is 3. The fourth-order valence-electron chi connectivity index (χ4n) is 2.43. The first-order valence-corrected chi connectivity index (χ1v) is 6.96. The molecule has 0 bridgehead atoms. The monoisotopic (exact) mass is 280 g/mol. The van der Waals surface area contributed by atoms with E-state index in [0.29, 0.717) is 17.0 Å². The van der Waals surface area contributed by atoms with E-state index in [4.69, 9.17) is 16.3 Å². The molecule has 0 spiro atoms. The summed E-state index contributed by atoms with van der Waals surface area (Å²) >= 11 is 5.40. The first-order chi connectivity index (χ1) is 9.08. The number of rotatable bonds is 3. The van der Waals surface area contributed by atoms with Gasteiger partial charge in [0, 0.05) is 5.56 Å². The molecule has 19 heavy (non-hydrogen) atoms. The number of halogens is 1. The molecule has 2 rings (SSSR count). The molecular weight excluding hydrogens is 264 g/mol. The van der Waals surface area contributed by atoms with Crippen molar-refractivity contribution in [2.45, 2.75) is 38.7 Å². The molecule has 4 heteroatoms. The van der Waals surface area contributed by atoms with Crippen LogP contribution in [0.4, 0.5) is 0 Å². The predicted molar refractivity (Wildman–Crippen MR) is 73.5 cm³/mol. The second-order valence-corrected chi connectivity index (χ2v) is 5.40. The van der Waals surface area contributed by atoms with Crippen LogP contribution in [0.2, 0.25) is 0 Å². The summed E-state index contributed by atoms with van der Waals surface area (Å²) in [6, 6.07) is 6.33. The van der Waals surface area contributed by atoms with Gasteiger partial charge in [-0.05, 0) is 48.9 Å². The molecule has 0 aromatic heterocycles. The van der Waals surface area contributed by atoms with E-state index in [9.17, 15) is 9.59 Å². The van der Waals surface area contributed by atoms with Gasteiger partial charge in [-0.3, -0.25) is 4.79 Å². The lowest BCUT2D eigenvalue weighted by Gasteiger charge is -2.28. The highest BCUT2D eigenvalue weighted by atomic mass is 35.5. The number of ether oxygens (including phenoxy) is 1. The van der Waals surface area contributed by atoms with E-state index in [1.54, 1.807) is 18.2 Å². The predicted octanol–water partition coefficient (Wildman–Crippen LogP) is 3.80. The summed E-state index contributed by atoms with van der Waals surface area (Å²) in [6.07, 6.45) is 4.30. The number of hydrogen-bond donors (Lipinski definition) is 0. The normalized spacial score (nSPS) is 22.8. The summed E-state index contributed by atoms with van der Waals surface area (Å²) in [4.78, 5) is 23.1. The van der Waals surface area contributed by atoms with Crippen molar-refractivity contribution in [1.82, 2.24) is 0 Å². The van der Waals surface area contributed by atoms with E-state index in [-0.39, 0.29) is 12.1 Å². The van der Waals surface area contributed by atoms with Gasteiger partial charge in [-0.25, -0.2) is 4.79 Å². The van der Waals surface area contributed by atoms with Crippen molar-refractivity contribution < 1.29 is 14.3 Å². The standard InChI is InChI=1S/C15H17ClO3/c1-10-5-2-3-8-13(10)19-15(18)12-7-4-6-11(9-12)14(16)17/h4,6-7,9-10,13H,2-3,5,8H2,1H3. The van der Waals surface area contributed by atoms with Crippen LogP contribution in [-0.2, 0) is 4.74 Å². The third kappa shape index (κ3) is 3.57. The summed E-state index contributed by atoms with van der Waals surface area (Å²) in [5.74, 6) is 0.0223. The molecule has 1 aliphatic carbocycles. The maximum Gasteiger partial charge on any atom is 0.338 e. The van der Waals surface area contributed by atoms with Crippen LogP contribution in [0, 0.1) is 5.92 Å². The fourth-order valence-corrected chi connectivity index (χ4v) is 2.55. The van der Waals surface area contributed by atoms with Gasteiger partial charge in [0.15, 0.2) is 0 Å². The highest BCUT2D eigenvalue weighted by molar-refractivity contribution is 6.67. The Bertz CT molecular complexity index is 484. The molecule has 1 aromatic carbocycles. The third-order valence-electron chi connectivity index (χ3n) is 3.62. The van der Waals surface area contributed by atoms with E-state index in [2.05, 4.69) is 6.92 Å². The van der Waals surface area contributed by atoms with Gasteiger partial charge in [0.1, 0.15) is 6.10 Å². The van der Waals surface area contributed by atoms with Crippen molar-refractivity contribution in [2.75, 3.05) is 0 Å². The summed E-state index contributed by atoms with van der Waals surface area (Å²) < 4.78 is 5.53. The van der Waals surface area contributed by atoms with Crippen LogP contribution in [0.5, 0.6) is 0 Å². The molecule has 0 radical (unpaired) electrons. The van der Waals surface area contributed by atoms with E-state index < -0.39 is 5.24 Å². The SMILES string of the molecule is CC1CCCCC1OC(=O)c1cccc(C(=O)Cl)c1. The van der Waals surface area contributed by atoms with Gasteiger partial charge in [0.2, 0.25) is 0 Å². The highest BCUT2D eigenvalue weighted by Gasteiger charge is 2.25. The minimum atomic E-state index is -0.569. The zero-order valence-corrected chi connectivity index (χ0v) is 11.7. The summed E-state index contributed by atoms with van der Waals surface area (Å²) in [7, 11) is 0. The molecule has 2 atom stereocenters. The zero-order chi connectivity index (χ0) is 13.8. The average molecular weight is 281 g/mol. The molecule has 1 aromatic rings. The number of esters is 1. The molecule has 1 aliphatic rings. The minimum Gasteiger partial charge on any atom is -0.459 e. The second-order valence-electron chi connectivity index (χ2n) is 5.06. The largest absolute Gasteiger partial charge is 0.459 e. The Balaban J connectivity index is 2.07. The molecular formula is C15H17ClO3. The van der Waals surface area contributed by atoms with Gasteiger partial charge in [-0.15, -0.1) is 0 Å². The first kappa shape index (κ1) is 14.1. The fraction of sp³-hybridized carbons (Fsp3) is 0.467. The number of carbonyl (C=O) groups excluding carboxylic acids is 2. The smallest absolute Gasteiger partial charge is 0.338 e. The van der Waals surface area contributed by atoms with Crippen LogP contribution in [-0.4, -0.2) is 17.3 Å². The average Bonchev–Trinajstić information content (AvgIpc) is 2.41. The van der Waals surface area contributed by atoms with Crippen molar-refractivity contribution >= 4 is 22.8 Å². The Morgan fingerprint density at radius 1 is 1.21 bits per heavy atom. The second kappa shape index (κ2) is 6.20. The molecule has 0 amide bonds. The van der Waals surface area contributed by atoms with Crippen LogP contribution in [0.1, 0.15) is 53.3 Å². The molecule has 0 N–H and O–H groups in total. The Morgan fingerprint density at radius 2 is 1.89 bits per heavy atom. The molecule has 1 saturated carbocycles. The Kier molecular flexibility index (Phi) is 4.59. The van der Waals surface area contributed by atoms with Crippen molar-refractivity contribution in [2.24, 2.45) is 5.92 Å². The van der Waals surface area contributed by atoms with Crippen LogP contribution in [0.15, 0.2) is 24.3 Å². The van der Waals surface area contributed by atoms with E-state index in [1.165, 1.54) is 12.5 Å². The third-order valence-corrected chi connectivity index (χ3v) is 3.83. The summed E-state index contributed by atoms with van der Waals surface area (Å²) in [5.41, 5.74) is 0.692. The van der Waals surface area contributed by atoms with Gasteiger partial charge in [-0.1, -0.05) is 25.5 Å². The van der Waals surface area contributed by atoms with Crippen molar-refractivity contribution in [3.05, 3.63) is 35.4 Å². The minimum absolute atomic E-state index is 0.0170. The van der Waals surface area contributed by atoms with Crippen molar-refractivity contribution in [3.63, 3.8) is 0 Å². The first-order valence-electron chi connectivity index (χ1n) is 6.59. The van der Waals surface area contributed by atoms with Crippen molar-refractivity contribution in [1.29, 1.82) is 0 Å². The maximum atomic E-state index is 12.1.